The number of amides is 1. The van der Waals surface area contributed by atoms with Crippen LogP contribution in [0.3, 0.4) is 0 Å². The van der Waals surface area contributed by atoms with E-state index < -0.39 is 0 Å². The van der Waals surface area contributed by atoms with Gasteiger partial charge in [-0.15, -0.1) is 0 Å². The summed E-state index contributed by atoms with van der Waals surface area (Å²) in [7, 11) is 0. The highest BCUT2D eigenvalue weighted by molar-refractivity contribution is 9.10. The zero-order valence-electron chi connectivity index (χ0n) is 13.2. The minimum Gasteiger partial charge on any atom is -0.489 e. The van der Waals surface area contributed by atoms with Crippen molar-refractivity contribution in [1.29, 1.82) is 0 Å². The van der Waals surface area contributed by atoms with Gasteiger partial charge < -0.3 is 9.64 Å². The number of halogens is 1. The zero-order chi connectivity index (χ0) is 16.2. The fraction of sp³-hybridized carbons (Fsp3) is 0.316. The van der Waals surface area contributed by atoms with Crippen LogP contribution in [-0.4, -0.2) is 23.4 Å². The van der Waals surface area contributed by atoms with Crippen molar-refractivity contribution in [2.45, 2.75) is 32.4 Å². The van der Waals surface area contributed by atoms with Crippen molar-refractivity contribution in [2.75, 3.05) is 6.54 Å². The maximum Gasteiger partial charge on any atom is 0.255 e. The largest absolute Gasteiger partial charge is 0.489 e. The summed E-state index contributed by atoms with van der Waals surface area (Å²) in [6, 6.07) is 15.9. The molecular weight excluding hydrogens is 354 g/mol. The number of hydrogen-bond donors (Lipinski definition) is 0. The van der Waals surface area contributed by atoms with Gasteiger partial charge in [0.1, 0.15) is 12.4 Å². The molecule has 1 fully saturated rings. The molecule has 3 nitrogen and oxygen atoms in total. The molecule has 1 amide bonds. The highest BCUT2D eigenvalue weighted by Gasteiger charge is 2.27. The van der Waals surface area contributed by atoms with Crippen LogP contribution in [-0.2, 0) is 6.61 Å². The average molecular weight is 374 g/mol. The highest BCUT2D eigenvalue weighted by Crippen LogP contribution is 2.27. The van der Waals surface area contributed by atoms with Crippen LogP contribution >= 0.6 is 15.9 Å². The van der Waals surface area contributed by atoms with E-state index in [0.29, 0.717) is 18.2 Å². The first-order chi connectivity index (χ1) is 11.1. The minimum atomic E-state index is 0.0940. The third-order valence-corrected chi connectivity index (χ3v) is 4.89. The molecule has 0 unspecified atom stereocenters. The van der Waals surface area contributed by atoms with E-state index in [1.54, 1.807) is 0 Å². The normalized spacial score (nSPS) is 17.3. The second-order valence-electron chi connectivity index (χ2n) is 5.91. The molecule has 1 aliphatic heterocycles. The fourth-order valence-electron chi connectivity index (χ4n) is 2.89. The number of likely N-dealkylation sites (tertiary alicyclic amines) is 1. The first-order valence-corrected chi connectivity index (χ1v) is 8.71. The van der Waals surface area contributed by atoms with Gasteiger partial charge in [-0.05, 0) is 59.5 Å². The molecule has 1 heterocycles. The van der Waals surface area contributed by atoms with Gasteiger partial charge in [-0.2, -0.15) is 0 Å². The fourth-order valence-corrected chi connectivity index (χ4v) is 3.42. The van der Waals surface area contributed by atoms with Crippen LogP contribution in [0.5, 0.6) is 5.75 Å². The number of hydrogen-bond acceptors (Lipinski definition) is 2. The molecule has 0 aromatic heterocycles. The van der Waals surface area contributed by atoms with Crippen molar-refractivity contribution in [1.82, 2.24) is 4.90 Å². The summed E-state index contributed by atoms with van der Waals surface area (Å²) in [5, 5.41) is 0. The number of carbonyl (C=O) groups is 1. The predicted octanol–water partition coefficient (Wildman–Crippen LogP) is 4.65. The van der Waals surface area contributed by atoms with Gasteiger partial charge in [-0.1, -0.05) is 30.3 Å². The molecule has 4 heteroatoms. The van der Waals surface area contributed by atoms with E-state index >= 15 is 0 Å². The van der Waals surface area contributed by atoms with Crippen LogP contribution in [0.15, 0.2) is 53.0 Å². The minimum absolute atomic E-state index is 0.0940. The van der Waals surface area contributed by atoms with Gasteiger partial charge >= 0.3 is 0 Å². The SMILES string of the molecule is C[C@@H]1CCCN1C(=O)c1ccc(OCc2ccccc2)cc1Br. The number of carbonyl (C=O) groups excluding carboxylic acids is 1. The first kappa shape index (κ1) is 16.1. The molecule has 1 atom stereocenters. The molecule has 23 heavy (non-hydrogen) atoms. The highest BCUT2D eigenvalue weighted by atomic mass is 79.9. The number of ether oxygens (including phenoxy) is 1. The van der Waals surface area contributed by atoms with Crippen LogP contribution in [0.1, 0.15) is 35.7 Å². The standard InChI is InChI=1S/C19H20BrNO2/c1-14-6-5-11-21(14)19(22)17-10-9-16(12-18(17)20)23-13-15-7-3-2-4-8-15/h2-4,7-10,12,14H,5-6,11,13H2,1H3/t14-/m1/s1. The Labute approximate surface area is 145 Å². The maximum atomic E-state index is 12.6. The number of rotatable bonds is 4. The van der Waals surface area contributed by atoms with Gasteiger partial charge in [0, 0.05) is 17.1 Å². The smallest absolute Gasteiger partial charge is 0.255 e. The van der Waals surface area contributed by atoms with Crippen LogP contribution in [0.25, 0.3) is 0 Å². The Balaban J connectivity index is 1.69. The lowest BCUT2D eigenvalue weighted by Crippen LogP contribution is -2.33. The van der Waals surface area contributed by atoms with E-state index in [1.807, 2.05) is 53.4 Å². The molecule has 0 saturated carbocycles. The van der Waals surface area contributed by atoms with Crippen molar-refractivity contribution >= 4 is 21.8 Å². The first-order valence-electron chi connectivity index (χ1n) is 7.92. The Hall–Kier alpha value is -1.81. The summed E-state index contributed by atoms with van der Waals surface area (Å²) in [5.41, 5.74) is 1.82. The molecule has 1 aliphatic rings. The molecule has 0 N–H and O–H groups in total. The predicted molar refractivity (Wildman–Crippen MR) is 94.6 cm³/mol. The summed E-state index contributed by atoms with van der Waals surface area (Å²) >= 11 is 3.51. The Morgan fingerprint density at radius 3 is 2.70 bits per heavy atom. The molecule has 3 rings (SSSR count). The van der Waals surface area contributed by atoms with Crippen LogP contribution < -0.4 is 4.74 Å². The van der Waals surface area contributed by atoms with E-state index in [0.717, 1.165) is 35.2 Å². The van der Waals surface area contributed by atoms with Crippen molar-refractivity contribution in [3.8, 4) is 5.75 Å². The molecule has 0 bridgehead atoms. The quantitative estimate of drug-likeness (QED) is 0.780. The lowest BCUT2D eigenvalue weighted by Gasteiger charge is -2.22. The van der Waals surface area contributed by atoms with Gasteiger partial charge in [-0.3, -0.25) is 4.79 Å². The van der Waals surface area contributed by atoms with Gasteiger partial charge in [0.15, 0.2) is 0 Å². The molecule has 0 radical (unpaired) electrons. The van der Waals surface area contributed by atoms with Gasteiger partial charge in [-0.25, -0.2) is 0 Å². The van der Waals surface area contributed by atoms with Crippen molar-refractivity contribution in [3.05, 3.63) is 64.1 Å². The lowest BCUT2D eigenvalue weighted by atomic mass is 10.1. The molecule has 0 aliphatic carbocycles. The van der Waals surface area contributed by atoms with Gasteiger partial charge in [0.25, 0.3) is 5.91 Å². The topological polar surface area (TPSA) is 29.5 Å². The van der Waals surface area contributed by atoms with E-state index in [9.17, 15) is 4.79 Å². The molecule has 0 spiro atoms. The lowest BCUT2D eigenvalue weighted by molar-refractivity contribution is 0.0746. The molecule has 1 saturated heterocycles. The van der Waals surface area contributed by atoms with E-state index in [4.69, 9.17) is 4.74 Å². The summed E-state index contributed by atoms with van der Waals surface area (Å²) in [6.07, 6.45) is 2.17. The Bertz CT molecular complexity index is 687. The van der Waals surface area contributed by atoms with Crippen molar-refractivity contribution in [2.24, 2.45) is 0 Å². The second kappa shape index (κ2) is 7.18. The summed E-state index contributed by atoms with van der Waals surface area (Å²) in [4.78, 5) is 14.6. The third-order valence-electron chi connectivity index (χ3n) is 4.23. The maximum absolute atomic E-state index is 12.6. The van der Waals surface area contributed by atoms with E-state index in [2.05, 4.69) is 22.9 Å². The van der Waals surface area contributed by atoms with Crippen molar-refractivity contribution < 1.29 is 9.53 Å². The van der Waals surface area contributed by atoms with Crippen molar-refractivity contribution in [3.63, 3.8) is 0 Å². The van der Waals surface area contributed by atoms with Crippen LogP contribution in [0.2, 0.25) is 0 Å². The van der Waals surface area contributed by atoms with Crippen LogP contribution in [0.4, 0.5) is 0 Å². The van der Waals surface area contributed by atoms with Crippen LogP contribution in [0, 0.1) is 0 Å². The molecular formula is C19H20BrNO2. The summed E-state index contributed by atoms with van der Waals surface area (Å²) in [6.45, 7) is 3.47. The molecule has 120 valence electrons. The Morgan fingerprint density at radius 1 is 1.26 bits per heavy atom. The van der Waals surface area contributed by atoms with E-state index in [1.165, 1.54) is 0 Å². The summed E-state index contributed by atoms with van der Waals surface area (Å²) < 4.78 is 6.58. The van der Waals surface area contributed by atoms with Gasteiger partial charge in [0.2, 0.25) is 0 Å². The third kappa shape index (κ3) is 3.75. The van der Waals surface area contributed by atoms with E-state index in [-0.39, 0.29) is 5.91 Å². The second-order valence-corrected chi connectivity index (χ2v) is 6.76. The Morgan fingerprint density at radius 2 is 2.04 bits per heavy atom. The monoisotopic (exact) mass is 373 g/mol. The number of benzene rings is 2. The summed E-state index contributed by atoms with van der Waals surface area (Å²) in [5.74, 6) is 0.850. The van der Waals surface area contributed by atoms with Gasteiger partial charge in [0.05, 0.1) is 5.56 Å². The zero-order valence-corrected chi connectivity index (χ0v) is 14.8. The molecule has 2 aromatic carbocycles. The molecule has 2 aromatic rings. The average Bonchev–Trinajstić information content (AvgIpc) is 2.99. The number of nitrogens with zero attached hydrogens (tertiary/aromatic N) is 1. The Kier molecular flexibility index (Phi) is 5.01.